The second kappa shape index (κ2) is 7.28. The van der Waals surface area contributed by atoms with Gasteiger partial charge in [0.1, 0.15) is 11.9 Å². The fourth-order valence-corrected chi connectivity index (χ4v) is 2.55. The lowest BCUT2D eigenvalue weighted by atomic mass is 10.0. The maximum absolute atomic E-state index is 14.4. The number of nitrogens with zero attached hydrogens (tertiary/aromatic N) is 1. The predicted octanol–water partition coefficient (Wildman–Crippen LogP) is 6.44. The summed E-state index contributed by atoms with van der Waals surface area (Å²) in [5, 5.41) is 8.70. The largest absolute Gasteiger partial charge is 0.206 e. The Balaban J connectivity index is 1.92. The van der Waals surface area contributed by atoms with Crippen molar-refractivity contribution in [3.8, 4) is 17.2 Å². The molecule has 0 saturated heterocycles. The van der Waals surface area contributed by atoms with Crippen LogP contribution in [0.2, 0.25) is 0 Å². The third kappa shape index (κ3) is 3.52. The van der Waals surface area contributed by atoms with E-state index in [1.165, 1.54) is 18.2 Å². The molecule has 3 aromatic rings. The van der Waals surface area contributed by atoms with Gasteiger partial charge in [-0.05, 0) is 30.2 Å². The van der Waals surface area contributed by atoms with Gasteiger partial charge in [-0.1, -0.05) is 60.2 Å². The van der Waals surface area contributed by atoms with Crippen LogP contribution in [0.3, 0.4) is 0 Å². The molecule has 4 heteroatoms. The van der Waals surface area contributed by atoms with E-state index in [9.17, 15) is 13.2 Å². The van der Waals surface area contributed by atoms with Gasteiger partial charge < -0.3 is 0 Å². The lowest BCUT2D eigenvalue weighted by Gasteiger charge is -2.06. The third-order valence-electron chi connectivity index (χ3n) is 4.06. The summed E-state index contributed by atoms with van der Waals surface area (Å²) in [6, 6.07) is 19.0. The van der Waals surface area contributed by atoms with Crippen LogP contribution in [-0.2, 0) is 0 Å². The van der Waals surface area contributed by atoms with E-state index < -0.39 is 17.5 Å². The molecule has 1 nitrogen and oxygen atoms in total. The van der Waals surface area contributed by atoms with Crippen molar-refractivity contribution in [2.75, 3.05) is 0 Å². The minimum absolute atomic E-state index is 0.0585. The molecule has 0 fully saturated rings. The smallest absolute Gasteiger partial charge is 0.166 e. The van der Waals surface area contributed by atoms with Gasteiger partial charge in [0.2, 0.25) is 0 Å². The summed E-state index contributed by atoms with van der Waals surface area (Å²) in [7, 11) is 0. The standard InChI is InChI=1S/C22H14F3N/c1-14-2-4-15(5-3-14)16-6-8-17(9-7-16)21(24)22(25)18-10-11-19(13-26)20(23)12-18/h2-12H,1H3. The van der Waals surface area contributed by atoms with Crippen molar-refractivity contribution in [1.29, 1.82) is 5.26 Å². The van der Waals surface area contributed by atoms with Gasteiger partial charge in [0.25, 0.3) is 0 Å². The fourth-order valence-electron chi connectivity index (χ4n) is 2.55. The highest BCUT2D eigenvalue weighted by Crippen LogP contribution is 2.31. The van der Waals surface area contributed by atoms with Crippen LogP contribution in [0, 0.1) is 24.1 Å². The monoisotopic (exact) mass is 349 g/mol. The molecule has 26 heavy (non-hydrogen) atoms. The van der Waals surface area contributed by atoms with Crippen LogP contribution in [-0.4, -0.2) is 0 Å². The van der Waals surface area contributed by atoms with Crippen molar-refractivity contribution in [2.24, 2.45) is 0 Å². The van der Waals surface area contributed by atoms with Crippen LogP contribution in [0.1, 0.15) is 22.3 Å². The van der Waals surface area contributed by atoms with E-state index in [1.54, 1.807) is 18.2 Å². The highest BCUT2D eigenvalue weighted by atomic mass is 19.2. The van der Waals surface area contributed by atoms with E-state index in [-0.39, 0.29) is 16.7 Å². The minimum Gasteiger partial charge on any atom is -0.206 e. The molecule has 3 aromatic carbocycles. The molecule has 0 aliphatic heterocycles. The van der Waals surface area contributed by atoms with Gasteiger partial charge in [0.15, 0.2) is 11.7 Å². The van der Waals surface area contributed by atoms with Crippen LogP contribution in [0.15, 0.2) is 66.7 Å². The van der Waals surface area contributed by atoms with Gasteiger partial charge in [-0.2, -0.15) is 5.26 Å². The molecule has 0 unspecified atom stereocenters. The number of hydrogen-bond acceptors (Lipinski definition) is 1. The van der Waals surface area contributed by atoms with Crippen LogP contribution in [0.25, 0.3) is 22.8 Å². The summed E-state index contributed by atoms with van der Waals surface area (Å²) in [5.41, 5.74) is 2.58. The number of rotatable bonds is 3. The topological polar surface area (TPSA) is 23.8 Å². The van der Waals surface area contributed by atoms with E-state index in [4.69, 9.17) is 5.26 Å². The molecule has 0 aliphatic rings. The normalized spacial score (nSPS) is 11.7. The number of benzene rings is 3. The first-order valence-electron chi connectivity index (χ1n) is 7.92. The van der Waals surface area contributed by atoms with Crippen LogP contribution in [0.5, 0.6) is 0 Å². The summed E-state index contributed by atoms with van der Waals surface area (Å²) in [6.45, 7) is 1.99. The zero-order valence-corrected chi connectivity index (χ0v) is 13.9. The summed E-state index contributed by atoms with van der Waals surface area (Å²) in [5.74, 6) is -3.14. The Morgan fingerprint density at radius 1 is 0.769 bits per heavy atom. The van der Waals surface area contributed by atoms with Gasteiger partial charge in [-0.15, -0.1) is 0 Å². The van der Waals surface area contributed by atoms with Crippen molar-refractivity contribution in [1.82, 2.24) is 0 Å². The van der Waals surface area contributed by atoms with E-state index in [0.29, 0.717) is 0 Å². The Morgan fingerprint density at radius 3 is 1.81 bits per heavy atom. The molecule has 0 spiro atoms. The van der Waals surface area contributed by atoms with Crippen molar-refractivity contribution < 1.29 is 13.2 Å². The van der Waals surface area contributed by atoms with E-state index in [1.807, 2.05) is 31.2 Å². The van der Waals surface area contributed by atoms with E-state index in [0.717, 1.165) is 28.8 Å². The van der Waals surface area contributed by atoms with Gasteiger partial charge in [0.05, 0.1) is 5.56 Å². The Kier molecular flexibility index (Phi) is 4.90. The Hall–Kier alpha value is -3.32. The fraction of sp³-hybridized carbons (Fsp3) is 0.0455. The number of hydrogen-bond donors (Lipinski definition) is 0. The third-order valence-corrected chi connectivity index (χ3v) is 4.06. The molecular formula is C22H14F3N. The molecule has 0 bridgehead atoms. The first kappa shape index (κ1) is 17.5. The Morgan fingerprint density at radius 2 is 1.27 bits per heavy atom. The van der Waals surface area contributed by atoms with Crippen molar-refractivity contribution >= 4 is 11.7 Å². The second-order valence-corrected chi connectivity index (χ2v) is 5.88. The molecule has 0 saturated carbocycles. The van der Waals surface area contributed by atoms with Crippen LogP contribution >= 0.6 is 0 Å². The van der Waals surface area contributed by atoms with Crippen LogP contribution < -0.4 is 0 Å². The molecule has 0 heterocycles. The second-order valence-electron chi connectivity index (χ2n) is 5.88. The maximum Gasteiger partial charge on any atom is 0.166 e. The molecular weight excluding hydrogens is 335 g/mol. The number of halogens is 3. The lowest BCUT2D eigenvalue weighted by Crippen LogP contribution is -1.89. The summed E-state index contributed by atoms with van der Waals surface area (Å²) < 4.78 is 42.4. The zero-order chi connectivity index (χ0) is 18.7. The van der Waals surface area contributed by atoms with Gasteiger partial charge in [0, 0.05) is 11.1 Å². The molecule has 0 aromatic heterocycles. The first-order chi connectivity index (χ1) is 12.5. The average Bonchev–Trinajstić information content (AvgIpc) is 2.67. The van der Waals surface area contributed by atoms with Gasteiger partial charge >= 0.3 is 0 Å². The molecule has 0 aliphatic carbocycles. The van der Waals surface area contributed by atoms with Crippen molar-refractivity contribution in [2.45, 2.75) is 6.92 Å². The summed E-state index contributed by atoms with van der Waals surface area (Å²) >= 11 is 0. The van der Waals surface area contributed by atoms with Crippen molar-refractivity contribution in [3.63, 3.8) is 0 Å². The molecule has 0 amide bonds. The molecule has 128 valence electrons. The van der Waals surface area contributed by atoms with Crippen molar-refractivity contribution in [3.05, 3.63) is 94.8 Å². The zero-order valence-electron chi connectivity index (χ0n) is 13.9. The first-order valence-corrected chi connectivity index (χ1v) is 7.92. The maximum atomic E-state index is 14.4. The molecule has 0 atom stereocenters. The SMILES string of the molecule is Cc1ccc(-c2ccc(C(F)=C(F)c3ccc(C#N)c(F)c3)cc2)cc1. The average molecular weight is 349 g/mol. The quantitative estimate of drug-likeness (QED) is 0.499. The lowest BCUT2D eigenvalue weighted by molar-refractivity contribution is 0.621. The highest BCUT2D eigenvalue weighted by molar-refractivity contribution is 5.84. The highest BCUT2D eigenvalue weighted by Gasteiger charge is 2.14. The number of aryl methyl sites for hydroxylation is 1. The molecule has 0 radical (unpaired) electrons. The van der Waals surface area contributed by atoms with Crippen LogP contribution in [0.4, 0.5) is 13.2 Å². The van der Waals surface area contributed by atoms with E-state index in [2.05, 4.69) is 0 Å². The predicted molar refractivity (Wildman–Crippen MR) is 96.8 cm³/mol. The summed E-state index contributed by atoms with van der Waals surface area (Å²) in [4.78, 5) is 0. The Labute approximate surface area is 149 Å². The number of nitriles is 1. The Bertz CT molecular complexity index is 1010. The van der Waals surface area contributed by atoms with Gasteiger partial charge in [-0.25, -0.2) is 13.2 Å². The summed E-state index contributed by atoms with van der Waals surface area (Å²) in [6.07, 6.45) is 0. The van der Waals surface area contributed by atoms with E-state index >= 15 is 0 Å². The molecule has 0 N–H and O–H groups in total. The molecule has 3 rings (SSSR count). The van der Waals surface area contributed by atoms with Gasteiger partial charge in [-0.3, -0.25) is 0 Å². The minimum atomic E-state index is -1.17.